The Morgan fingerprint density at radius 2 is 2.15 bits per heavy atom. The van der Waals surface area contributed by atoms with Gasteiger partial charge in [0.1, 0.15) is 17.8 Å². The summed E-state index contributed by atoms with van der Waals surface area (Å²) in [6.07, 6.45) is 1.51. The van der Waals surface area contributed by atoms with Gasteiger partial charge in [0.15, 0.2) is 5.96 Å². The van der Waals surface area contributed by atoms with E-state index in [0.29, 0.717) is 18.1 Å². The fourth-order valence-corrected chi connectivity index (χ4v) is 1.64. The third-order valence-electron chi connectivity index (χ3n) is 2.64. The topological polar surface area (TPSA) is 62.5 Å². The highest BCUT2D eigenvalue weighted by Crippen LogP contribution is 2.07. The molecule has 0 fully saturated rings. The van der Waals surface area contributed by atoms with Crippen molar-refractivity contribution >= 4 is 5.96 Å². The molecular formula is C14H17FN4O. The number of hydrogen-bond donors (Lipinski definition) is 2. The van der Waals surface area contributed by atoms with Crippen molar-refractivity contribution in [3.8, 4) is 0 Å². The summed E-state index contributed by atoms with van der Waals surface area (Å²) in [5, 5.41) is 10.00. The van der Waals surface area contributed by atoms with E-state index in [4.69, 9.17) is 4.52 Å². The van der Waals surface area contributed by atoms with Crippen LogP contribution in [0.3, 0.4) is 0 Å². The minimum absolute atomic E-state index is 0.247. The van der Waals surface area contributed by atoms with Crippen molar-refractivity contribution in [2.24, 2.45) is 4.99 Å². The van der Waals surface area contributed by atoms with Gasteiger partial charge in [-0.25, -0.2) is 9.38 Å². The molecule has 0 radical (unpaired) electrons. The molecule has 0 aliphatic rings. The average molecular weight is 276 g/mol. The Hall–Kier alpha value is -2.37. The molecule has 0 saturated heterocycles. The molecule has 1 heterocycles. The SMILES string of the molecule is CCNC(=NCc1ccccc1F)NCc1ccon1. The smallest absolute Gasteiger partial charge is 0.191 e. The number of halogens is 1. The van der Waals surface area contributed by atoms with E-state index in [2.05, 4.69) is 20.8 Å². The molecule has 2 aromatic rings. The van der Waals surface area contributed by atoms with Gasteiger partial charge in [-0.05, 0) is 13.0 Å². The van der Waals surface area contributed by atoms with Gasteiger partial charge in [-0.2, -0.15) is 0 Å². The Balaban J connectivity index is 1.96. The fraction of sp³-hybridized carbons (Fsp3) is 0.286. The Kier molecular flexibility index (Phi) is 5.11. The summed E-state index contributed by atoms with van der Waals surface area (Å²) in [6, 6.07) is 8.38. The number of benzene rings is 1. The van der Waals surface area contributed by atoms with Crippen LogP contribution in [0.25, 0.3) is 0 Å². The Bertz CT molecular complexity index is 554. The quantitative estimate of drug-likeness (QED) is 0.648. The van der Waals surface area contributed by atoms with Crippen LogP contribution in [0, 0.1) is 5.82 Å². The minimum Gasteiger partial charge on any atom is -0.364 e. The van der Waals surface area contributed by atoms with E-state index in [1.807, 2.05) is 6.92 Å². The third-order valence-corrected chi connectivity index (χ3v) is 2.64. The maximum atomic E-state index is 13.5. The second kappa shape index (κ2) is 7.28. The van der Waals surface area contributed by atoms with Gasteiger partial charge in [-0.3, -0.25) is 0 Å². The zero-order valence-corrected chi connectivity index (χ0v) is 11.3. The van der Waals surface area contributed by atoms with Crippen molar-refractivity contribution < 1.29 is 8.91 Å². The normalized spacial score (nSPS) is 11.4. The fourth-order valence-electron chi connectivity index (χ4n) is 1.64. The molecule has 20 heavy (non-hydrogen) atoms. The summed E-state index contributed by atoms with van der Waals surface area (Å²) in [4.78, 5) is 4.34. The molecule has 0 aliphatic heterocycles. The summed E-state index contributed by atoms with van der Waals surface area (Å²) >= 11 is 0. The number of nitrogens with zero attached hydrogens (tertiary/aromatic N) is 2. The Morgan fingerprint density at radius 3 is 2.85 bits per heavy atom. The van der Waals surface area contributed by atoms with Crippen LogP contribution in [0.5, 0.6) is 0 Å². The average Bonchev–Trinajstić information content (AvgIpc) is 2.97. The lowest BCUT2D eigenvalue weighted by molar-refractivity contribution is 0.410. The Morgan fingerprint density at radius 1 is 1.30 bits per heavy atom. The van der Waals surface area contributed by atoms with Crippen LogP contribution in [0.4, 0.5) is 4.39 Å². The van der Waals surface area contributed by atoms with E-state index < -0.39 is 0 Å². The van der Waals surface area contributed by atoms with Gasteiger partial charge in [0.25, 0.3) is 0 Å². The number of hydrogen-bond acceptors (Lipinski definition) is 3. The number of aliphatic imine (C=N–C) groups is 1. The standard InChI is InChI=1S/C14H17FN4O/c1-2-16-14(18-10-12-7-8-20-19-12)17-9-11-5-3-4-6-13(11)15/h3-8H,2,9-10H2,1H3,(H2,16,17,18). The zero-order valence-electron chi connectivity index (χ0n) is 11.3. The van der Waals surface area contributed by atoms with Crippen molar-refractivity contribution in [3.05, 3.63) is 53.7 Å². The van der Waals surface area contributed by atoms with Crippen LogP contribution in [-0.2, 0) is 13.1 Å². The Labute approximate surface area is 116 Å². The van der Waals surface area contributed by atoms with Crippen LogP contribution in [0.15, 0.2) is 46.1 Å². The van der Waals surface area contributed by atoms with Crippen LogP contribution >= 0.6 is 0 Å². The highest BCUT2D eigenvalue weighted by molar-refractivity contribution is 5.79. The molecule has 0 saturated carbocycles. The lowest BCUT2D eigenvalue weighted by atomic mass is 10.2. The number of aromatic nitrogens is 1. The molecule has 0 amide bonds. The molecule has 0 spiro atoms. The highest BCUT2D eigenvalue weighted by Gasteiger charge is 2.02. The predicted octanol–water partition coefficient (Wildman–Crippen LogP) is 2.07. The monoisotopic (exact) mass is 276 g/mol. The summed E-state index contributed by atoms with van der Waals surface area (Å²) < 4.78 is 18.3. The molecule has 0 unspecified atom stereocenters. The lowest BCUT2D eigenvalue weighted by Crippen LogP contribution is -2.36. The number of rotatable bonds is 5. The van der Waals surface area contributed by atoms with E-state index in [-0.39, 0.29) is 12.4 Å². The minimum atomic E-state index is -0.247. The van der Waals surface area contributed by atoms with Crippen molar-refractivity contribution in [3.63, 3.8) is 0 Å². The summed E-state index contributed by atoms with van der Waals surface area (Å²) in [7, 11) is 0. The number of nitrogens with one attached hydrogen (secondary N) is 2. The summed E-state index contributed by atoms with van der Waals surface area (Å²) in [5.41, 5.74) is 1.34. The van der Waals surface area contributed by atoms with Gasteiger partial charge >= 0.3 is 0 Å². The predicted molar refractivity (Wildman–Crippen MR) is 74.6 cm³/mol. The molecule has 0 atom stereocenters. The molecule has 1 aromatic heterocycles. The zero-order chi connectivity index (χ0) is 14.2. The molecule has 2 N–H and O–H groups in total. The molecule has 6 heteroatoms. The molecule has 5 nitrogen and oxygen atoms in total. The van der Waals surface area contributed by atoms with Crippen molar-refractivity contribution in [1.82, 2.24) is 15.8 Å². The first-order valence-corrected chi connectivity index (χ1v) is 6.44. The van der Waals surface area contributed by atoms with Gasteiger partial charge in [-0.15, -0.1) is 0 Å². The van der Waals surface area contributed by atoms with Crippen molar-refractivity contribution in [1.29, 1.82) is 0 Å². The van der Waals surface area contributed by atoms with Gasteiger partial charge in [0.2, 0.25) is 0 Å². The van der Waals surface area contributed by atoms with Crippen LogP contribution < -0.4 is 10.6 Å². The van der Waals surface area contributed by atoms with Crippen LogP contribution in [0.2, 0.25) is 0 Å². The van der Waals surface area contributed by atoms with Gasteiger partial charge in [-0.1, -0.05) is 23.4 Å². The maximum absolute atomic E-state index is 13.5. The largest absolute Gasteiger partial charge is 0.364 e. The van der Waals surface area contributed by atoms with E-state index in [9.17, 15) is 4.39 Å². The second-order valence-electron chi connectivity index (χ2n) is 4.13. The van der Waals surface area contributed by atoms with Crippen molar-refractivity contribution in [2.45, 2.75) is 20.0 Å². The van der Waals surface area contributed by atoms with Gasteiger partial charge < -0.3 is 15.2 Å². The molecule has 106 valence electrons. The molecule has 0 aliphatic carbocycles. The maximum Gasteiger partial charge on any atom is 0.191 e. The van der Waals surface area contributed by atoms with Gasteiger partial charge in [0.05, 0.1) is 13.1 Å². The van der Waals surface area contributed by atoms with E-state index in [1.54, 1.807) is 24.3 Å². The van der Waals surface area contributed by atoms with E-state index in [1.165, 1.54) is 12.3 Å². The summed E-state index contributed by atoms with van der Waals surface area (Å²) in [5.74, 6) is 0.363. The lowest BCUT2D eigenvalue weighted by Gasteiger charge is -2.10. The molecular weight excluding hydrogens is 259 g/mol. The molecule has 1 aromatic carbocycles. The van der Waals surface area contributed by atoms with Gasteiger partial charge in [0, 0.05) is 18.2 Å². The number of guanidine groups is 1. The third kappa shape index (κ3) is 4.08. The first kappa shape index (κ1) is 14.0. The molecule has 2 rings (SSSR count). The highest BCUT2D eigenvalue weighted by atomic mass is 19.1. The molecule has 0 bridgehead atoms. The van der Waals surface area contributed by atoms with Crippen LogP contribution in [-0.4, -0.2) is 17.7 Å². The second-order valence-corrected chi connectivity index (χ2v) is 4.13. The van der Waals surface area contributed by atoms with Crippen LogP contribution in [0.1, 0.15) is 18.2 Å². The van der Waals surface area contributed by atoms with Crippen molar-refractivity contribution in [2.75, 3.05) is 6.54 Å². The first-order chi connectivity index (χ1) is 9.79. The first-order valence-electron chi connectivity index (χ1n) is 6.44. The van der Waals surface area contributed by atoms with E-state index >= 15 is 0 Å². The summed E-state index contributed by atoms with van der Waals surface area (Å²) in [6.45, 7) is 3.47. The van der Waals surface area contributed by atoms with E-state index in [0.717, 1.165) is 12.2 Å².